The zero-order valence-corrected chi connectivity index (χ0v) is 16.3. The molecule has 0 spiro atoms. The summed E-state index contributed by atoms with van der Waals surface area (Å²) in [5, 5.41) is 0. The summed E-state index contributed by atoms with van der Waals surface area (Å²) >= 11 is 1.95. The number of hydrogen-bond donors (Lipinski definition) is 0. The molecular weight excluding hydrogens is 468 g/mol. The van der Waals surface area contributed by atoms with Crippen LogP contribution >= 0.6 is 22.6 Å². The summed E-state index contributed by atoms with van der Waals surface area (Å²) in [5.41, 5.74) is 1.11. The molecule has 3 nitrogen and oxygen atoms in total. The summed E-state index contributed by atoms with van der Waals surface area (Å²) in [6.45, 7) is -0.604. The molecule has 0 bridgehead atoms. The van der Waals surface area contributed by atoms with Crippen LogP contribution in [0.1, 0.15) is 12.0 Å². The van der Waals surface area contributed by atoms with Crippen LogP contribution in [0.25, 0.3) is 5.70 Å². The second-order valence-electron chi connectivity index (χ2n) is 4.27. The molecule has 1 unspecified atom stereocenters. The number of carbonyl (C=O) groups excluding carboxylic acids is 1. The molecule has 1 aromatic rings. The average Bonchev–Trinajstić information content (AvgIpc) is 2.44. The number of nitrogens with zero attached hydrogens (tertiary/aromatic N) is 1. The van der Waals surface area contributed by atoms with Gasteiger partial charge >= 0.3 is 0 Å². The number of ether oxygens (including phenoxy) is 1. The van der Waals surface area contributed by atoms with Gasteiger partial charge in [0.1, 0.15) is 5.75 Å². The molecule has 0 aliphatic carbocycles. The zero-order chi connectivity index (χ0) is 14.7. The molecule has 1 aliphatic rings. The molecule has 2 rings (SSSR count). The monoisotopic (exact) mass is 481 g/mol. The van der Waals surface area contributed by atoms with E-state index in [4.69, 9.17) is 4.74 Å². The minimum Gasteiger partial charge on any atom is -0.497 e. The van der Waals surface area contributed by atoms with Gasteiger partial charge in [0.15, 0.2) is 0 Å². The van der Waals surface area contributed by atoms with Gasteiger partial charge in [-0.25, -0.2) is 14.9 Å². The Hall–Kier alpha value is -0.0761. The molecule has 1 amide bonds. The Labute approximate surface area is 161 Å². The third-order valence-electron chi connectivity index (χ3n) is 2.94. The fourth-order valence-corrected chi connectivity index (χ4v) is 2.53. The van der Waals surface area contributed by atoms with Crippen LogP contribution in [-0.2, 0) is 37.5 Å². The number of rotatable bonds is 4. The molecule has 1 atom stereocenters. The summed E-state index contributed by atoms with van der Waals surface area (Å²) in [6.07, 6.45) is 0.906. The SMILES string of the molecule is COc1ccc(C2=[C-]CC(I)C(=O)N2CC(F)F)cc1.[Y]. The molecule has 1 heterocycles. The summed E-state index contributed by atoms with van der Waals surface area (Å²) < 4.78 is 30.1. The maximum Gasteiger partial charge on any atom is 0.256 e. The number of hydrogen-bond acceptors (Lipinski definition) is 2. The minimum absolute atomic E-state index is 0. The second kappa shape index (κ2) is 8.53. The van der Waals surface area contributed by atoms with Crippen molar-refractivity contribution in [3.63, 3.8) is 0 Å². The van der Waals surface area contributed by atoms with Crippen LogP contribution in [-0.4, -0.2) is 34.8 Å². The Bertz CT molecular complexity index is 522. The van der Waals surface area contributed by atoms with E-state index in [-0.39, 0.29) is 42.5 Å². The van der Waals surface area contributed by atoms with Gasteiger partial charge in [0.25, 0.3) is 6.43 Å². The van der Waals surface area contributed by atoms with Gasteiger partial charge < -0.3 is 9.64 Å². The number of methoxy groups -OCH3 is 1. The van der Waals surface area contributed by atoms with E-state index in [2.05, 4.69) is 6.08 Å². The predicted octanol–water partition coefficient (Wildman–Crippen LogP) is 3.14. The Morgan fingerprint density at radius 1 is 1.43 bits per heavy atom. The van der Waals surface area contributed by atoms with E-state index in [0.29, 0.717) is 23.4 Å². The van der Waals surface area contributed by atoms with Crippen LogP contribution in [0.4, 0.5) is 8.78 Å². The van der Waals surface area contributed by atoms with Gasteiger partial charge in [-0.3, -0.25) is 4.79 Å². The molecular formula is C14H13F2INO2Y-. The van der Waals surface area contributed by atoms with Gasteiger partial charge in [0.2, 0.25) is 5.91 Å². The molecule has 0 fully saturated rings. The third-order valence-corrected chi connectivity index (χ3v) is 3.91. The van der Waals surface area contributed by atoms with Crippen LogP contribution in [0.2, 0.25) is 0 Å². The van der Waals surface area contributed by atoms with Crippen molar-refractivity contribution in [1.29, 1.82) is 0 Å². The standard InChI is InChI=1S/C14H13F2INO2.Y/c1-20-10-4-2-9(3-5-10)12-7-6-11(17)14(19)18(12)8-13(15)16;/h2-5,11,13H,6,8H2,1H3;/q-1;. The number of alkyl halides is 3. The van der Waals surface area contributed by atoms with E-state index < -0.39 is 13.0 Å². The Morgan fingerprint density at radius 3 is 2.57 bits per heavy atom. The van der Waals surface area contributed by atoms with Crippen molar-refractivity contribution in [3.05, 3.63) is 35.9 Å². The Balaban J connectivity index is 0.00000220. The van der Waals surface area contributed by atoms with Gasteiger partial charge in [-0.15, -0.1) is 17.8 Å². The molecule has 1 radical (unpaired) electrons. The van der Waals surface area contributed by atoms with Gasteiger partial charge in [-0.2, -0.15) is 5.56 Å². The van der Waals surface area contributed by atoms with Crippen LogP contribution < -0.4 is 4.74 Å². The number of allylic oxidation sites excluding steroid dienone is 1. The van der Waals surface area contributed by atoms with E-state index in [1.807, 2.05) is 22.6 Å². The van der Waals surface area contributed by atoms with Gasteiger partial charge in [-0.05, 0) is 12.1 Å². The van der Waals surface area contributed by atoms with Crippen molar-refractivity contribution < 1.29 is 51.0 Å². The van der Waals surface area contributed by atoms with Crippen molar-refractivity contribution in [2.24, 2.45) is 0 Å². The molecule has 21 heavy (non-hydrogen) atoms. The minimum atomic E-state index is -2.57. The van der Waals surface area contributed by atoms with E-state index >= 15 is 0 Å². The first-order chi connectivity index (χ1) is 9.52. The molecule has 1 aromatic carbocycles. The van der Waals surface area contributed by atoms with Crippen molar-refractivity contribution in [2.45, 2.75) is 16.8 Å². The molecule has 111 valence electrons. The van der Waals surface area contributed by atoms with Crippen molar-refractivity contribution in [2.75, 3.05) is 13.7 Å². The predicted molar refractivity (Wildman–Crippen MR) is 79.8 cm³/mol. The maximum atomic E-state index is 12.7. The number of benzene rings is 1. The first-order valence-electron chi connectivity index (χ1n) is 6.01. The van der Waals surface area contributed by atoms with E-state index in [9.17, 15) is 13.6 Å². The number of amides is 1. The normalized spacial score (nSPS) is 18.3. The van der Waals surface area contributed by atoms with Crippen LogP contribution in [0.3, 0.4) is 0 Å². The van der Waals surface area contributed by atoms with E-state index in [1.54, 1.807) is 31.4 Å². The molecule has 0 saturated carbocycles. The molecule has 1 aliphatic heterocycles. The fraction of sp³-hybridized carbons (Fsp3) is 0.357. The van der Waals surface area contributed by atoms with Gasteiger partial charge in [-0.1, -0.05) is 29.0 Å². The summed E-state index contributed by atoms with van der Waals surface area (Å²) in [7, 11) is 1.55. The summed E-state index contributed by atoms with van der Waals surface area (Å²) in [6, 6.07) is 6.93. The van der Waals surface area contributed by atoms with Crippen molar-refractivity contribution in [1.82, 2.24) is 4.90 Å². The summed E-state index contributed by atoms with van der Waals surface area (Å²) in [5.74, 6) is 0.374. The smallest absolute Gasteiger partial charge is 0.256 e. The van der Waals surface area contributed by atoms with E-state index in [0.717, 1.165) is 4.90 Å². The number of halogens is 3. The molecule has 7 heteroatoms. The molecule has 0 aromatic heterocycles. The van der Waals surface area contributed by atoms with Gasteiger partial charge in [0, 0.05) is 32.7 Å². The summed E-state index contributed by atoms with van der Waals surface area (Å²) in [4.78, 5) is 13.2. The van der Waals surface area contributed by atoms with Gasteiger partial charge in [0.05, 0.1) is 17.6 Å². The third kappa shape index (κ3) is 4.69. The molecule has 0 N–H and O–H groups in total. The second-order valence-corrected chi connectivity index (χ2v) is 5.77. The maximum absolute atomic E-state index is 12.7. The molecule has 0 saturated heterocycles. The fourth-order valence-electron chi connectivity index (χ4n) is 1.97. The zero-order valence-electron chi connectivity index (χ0n) is 11.4. The average molecular weight is 481 g/mol. The van der Waals surface area contributed by atoms with Crippen molar-refractivity contribution in [3.8, 4) is 5.75 Å². The Kier molecular flexibility index (Phi) is 7.70. The van der Waals surface area contributed by atoms with Crippen LogP contribution in [0, 0.1) is 6.08 Å². The largest absolute Gasteiger partial charge is 0.497 e. The first kappa shape index (κ1) is 19.0. The van der Waals surface area contributed by atoms with Crippen LogP contribution in [0.5, 0.6) is 5.75 Å². The first-order valence-corrected chi connectivity index (χ1v) is 7.26. The quantitative estimate of drug-likeness (QED) is 0.376. The van der Waals surface area contributed by atoms with E-state index in [1.165, 1.54) is 0 Å². The Morgan fingerprint density at radius 2 is 2.05 bits per heavy atom. The number of carbonyl (C=O) groups is 1. The van der Waals surface area contributed by atoms with Crippen molar-refractivity contribution >= 4 is 34.2 Å². The van der Waals surface area contributed by atoms with Crippen LogP contribution in [0.15, 0.2) is 24.3 Å². The topological polar surface area (TPSA) is 29.5 Å².